The molecule has 2 heterocycles. The molecule has 20 heavy (non-hydrogen) atoms. The van der Waals surface area contributed by atoms with Crippen molar-refractivity contribution < 1.29 is 17.9 Å². The summed E-state index contributed by atoms with van der Waals surface area (Å²) in [6.07, 6.45) is 1.48. The van der Waals surface area contributed by atoms with E-state index in [1.807, 2.05) is 0 Å². The van der Waals surface area contributed by atoms with Crippen LogP contribution in [0.1, 0.15) is 12.8 Å². The molecule has 0 N–H and O–H groups in total. The van der Waals surface area contributed by atoms with Crippen molar-refractivity contribution in [2.45, 2.75) is 23.5 Å². The second-order valence-corrected chi connectivity index (χ2v) is 7.74. The number of benzene rings is 1. The quantitative estimate of drug-likeness (QED) is 0.807. The summed E-state index contributed by atoms with van der Waals surface area (Å²) in [6, 6.07) is 6.86. The average molecular weight is 362 g/mol. The van der Waals surface area contributed by atoms with Gasteiger partial charge in [-0.15, -0.1) is 0 Å². The number of nitrogens with zero attached hydrogens (tertiary/aromatic N) is 1. The van der Waals surface area contributed by atoms with Crippen LogP contribution in [-0.4, -0.2) is 44.8 Å². The lowest BCUT2D eigenvalue weighted by atomic mass is 10.1. The monoisotopic (exact) mass is 361 g/mol. The third kappa shape index (κ3) is 2.53. The molecule has 3 rings (SSSR count). The first-order chi connectivity index (χ1) is 9.54. The highest BCUT2D eigenvalue weighted by Crippen LogP contribution is 2.34. The van der Waals surface area contributed by atoms with Crippen molar-refractivity contribution >= 4 is 26.0 Å². The molecular formula is C13H16BrNO4S. The summed E-state index contributed by atoms with van der Waals surface area (Å²) in [5.41, 5.74) is 0. The van der Waals surface area contributed by atoms with Crippen molar-refractivity contribution in [2.75, 3.05) is 26.3 Å². The SMILES string of the molecule is O=S(=O)(c1ccccc1Br)N1CCCC2(C1)OCCO2. The molecule has 0 bridgehead atoms. The Labute approximate surface area is 127 Å². The van der Waals surface area contributed by atoms with Gasteiger partial charge in [0, 0.05) is 17.4 Å². The minimum absolute atomic E-state index is 0.261. The standard InChI is InChI=1S/C13H16BrNO4S/c14-11-4-1-2-5-12(11)20(16,17)15-7-3-6-13(10-15)18-8-9-19-13/h1-2,4-5H,3,6-10H2. The highest BCUT2D eigenvalue weighted by molar-refractivity contribution is 9.10. The summed E-state index contributed by atoms with van der Waals surface area (Å²) in [4.78, 5) is 0.287. The van der Waals surface area contributed by atoms with Crippen molar-refractivity contribution in [2.24, 2.45) is 0 Å². The van der Waals surface area contributed by atoms with Gasteiger partial charge in [0.1, 0.15) is 0 Å². The second-order valence-electron chi connectivity index (χ2n) is 4.98. The molecule has 5 nitrogen and oxygen atoms in total. The van der Waals surface area contributed by atoms with Crippen LogP contribution in [0.5, 0.6) is 0 Å². The summed E-state index contributed by atoms with van der Waals surface area (Å²) < 4.78 is 38.8. The highest BCUT2D eigenvalue weighted by Gasteiger charge is 2.44. The molecular weight excluding hydrogens is 346 g/mol. The summed E-state index contributed by atoms with van der Waals surface area (Å²) >= 11 is 3.31. The van der Waals surface area contributed by atoms with E-state index in [1.165, 1.54) is 4.31 Å². The summed E-state index contributed by atoms with van der Waals surface area (Å²) in [5.74, 6) is -0.743. The van der Waals surface area contributed by atoms with Crippen LogP contribution in [0.2, 0.25) is 0 Å². The molecule has 0 saturated carbocycles. The Morgan fingerprint density at radius 3 is 2.60 bits per heavy atom. The topological polar surface area (TPSA) is 55.8 Å². The zero-order valence-electron chi connectivity index (χ0n) is 10.9. The average Bonchev–Trinajstić information content (AvgIpc) is 2.87. The smallest absolute Gasteiger partial charge is 0.244 e. The summed E-state index contributed by atoms with van der Waals surface area (Å²) in [5, 5.41) is 0. The Bertz CT molecular complexity index is 598. The minimum Gasteiger partial charge on any atom is -0.346 e. The predicted octanol–water partition coefficient (Wildman–Crippen LogP) is 1.98. The number of ether oxygens (including phenoxy) is 2. The lowest BCUT2D eigenvalue weighted by Crippen LogP contribution is -2.50. The van der Waals surface area contributed by atoms with Gasteiger partial charge in [-0.25, -0.2) is 8.42 Å². The van der Waals surface area contributed by atoms with Gasteiger partial charge in [0.2, 0.25) is 10.0 Å². The third-order valence-electron chi connectivity index (χ3n) is 3.65. The van der Waals surface area contributed by atoms with Crippen LogP contribution in [0, 0.1) is 0 Å². The van der Waals surface area contributed by atoms with Gasteiger partial charge >= 0.3 is 0 Å². The highest BCUT2D eigenvalue weighted by atomic mass is 79.9. The van der Waals surface area contributed by atoms with Gasteiger partial charge < -0.3 is 9.47 Å². The first-order valence-corrected chi connectivity index (χ1v) is 8.79. The molecule has 0 unspecified atom stereocenters. The van der Waals surface area contributed by atoms with E-state index in [9.17, 15) is 8.42 Å². The fourth-order valence-corrected chi connectivity index (χ4v) is 5.16. The fourth-order valence-electron chi connectivity index (χ4n) is 2.68. The molecule has 2 aliphatic rings. The van der Waals surface area contributed by atoms with E-state index in [2.05, 4.69) is 15.9 Å². The maximum Gasteiger partial charge on any atom is 0.244 e. The van der Waals surface area contributed by atoms with Crippen LogP contribution < -0.4 is 0 Å². The molecule has 2 saturated heterocycles. The molecule has 0 radical (unpaired) electrons. The van der Waals surface area contributed by atoms with Crippen LogP contribution in [-0.2, 0) is 19.5 Å². The van der Waals surface area contributed by atoms with Gasteiger partial charge in [-0.2, -0.15) is 4.31 Å². The van der Waals surface area contributed by atoms with Gasteiger partial charge in [-0.3, -0.25) is 0 Å². The Hall–Kier alpha value is -0.470. The van der Waals surface area contributed by atoms with Gasteiger partial charge in [-0.1, -0.05) is 12.1 Å². The first kappa shape index (κ1) is 14.5. The number of sulfonamides is 1. The van der Waals surface area contributed by atoms with Crippen LogP contribution in [0.4, 0.5) is 0 Å². The second kappa shape index (κ2) is 5.38. The molecule has 0 aromatic heterocycles. The molecule has 7 heteroatoms. The number of rotatable bonds is 2. The Balaban J connectivity index is 1.90. The van der Waals surface area contributed by atoms with E-state index < -0.39 is 15.8 Å². The van der Waals surface area contributed by atoms with Gasteiger partial charge in [-0.05, 0) is 34.5 Å². The van der Waals surface area contributed by atoms with Crippen molar-refractivity contribution in [1.29, 1.82) is 0 Å². The fraction of sp³-hybridized carbons (Fsp3) is 0.538. The van der Waals surface area contributed by atoms with Crippen LogP contribution in [0.15, 0.2) is 33.6 Å². The zero-order valence-corrected chi connectivity index (χ0v) is 13.3. The van der Waals surface area contributed by atoms with Crippen LogP contribution in [0.3, 0.4) is 0 Å². The first-order valence-electron chi connectivity index (χ1n) is 6.56. The van der Waals surface area contributed by atoms with E-state index in [0.717, 1.165) is 12.8 Å². The van der Waals surface area contributed by atoms with Crippen molar-refractivity contribution in [3.63, 3.8) is 0 Å². The predicted molar refractivity (Wildman–Crippen MR) is 76.8 cm³/mol. The molecule has 110 valence electrons. The Morgan fingerprint density at radius 2 is 1.90 bits per heavy atom. The van der Waals surface area contributed by atoms with Crippen molar-refractivity contribution in [1.82, 2.24) is 4.31 Å². The van der Waals surface area contributed by atoms with E-state index in [0.29, 0.717) is 24.2 Å². The van der Waals surface area contributed by atoms with E-state index in [4.69, 9.17) is 9.47 Å². The van der Waals surface area contributed by atoms with Crippen molar-refractivity contribution in [3.8, 4) is 0 Å². The lowest BCUT2D eigenvalue weighted by molar-refractivity contribution is -0.179. The molecule has 0 aliphatic carbocycles. The summed E-state index contributed by atoms with van der Waals surface area (Å²) in [7, 11) is -3.53. The molecule has 2 fully saturated rings. The van der Waals surface area contributed by atoms with E-state index >= 15 is 0 Å². The zero-order chi connectivity index (χ0) is 14.2. The molecule has 1 aromatic rings. The molecule has 0 amide bonds. The number of piperidine rings is 1. The molecule has 1 aromatic carbocycles. The molecule has 2 aliphatic heterocycles. The summed E-state index contributed by atoms with van der Waals surface area (Å²) in [6.45, 7) is 1.82. The van der Waals surface area contributed by atoms with Gasteiger partial charge in [0.25, 0.3) is 0 Å². The Morgan fingerprint density at radius 1 is 1.20 bits per heavy atom. The molecule has 0 atom stereocenters. The lowest BCUT2D eigenvalue weighted by Gasteiger charge is -2.37. The number of hydrogen-bond donors (Lipinski definition) is 0. The maximum atomic E-state index is 12.7. The van der Waals surface area contributed by atoms with E-state index in [-0.39, 0.29) is 11.4 Å². The molecule has 1 spiro atoms. The number of hydrogen-bond acceptors (Lipinski definition) is 4. The van der Waals surface area contributed by atoms with Crippen LogP contribution >= 0.6 is 15.9 Å². The minimum atomic E-state index is -3.53. The maximum absolute atomic E-state index is 12.7. The van der Waals surface area contributed by atoms with E-state index in [1.54, 1.807) is 24.3 Å². The van der Waals surface area contributed by atoms with Crippen molar-refractivity contribution in [3.05, 3.63) is 28.7 Å². The third-order valence-corrected chi connectivity index (χ3v) is 6.51. The normalized spacial score (nSPS) is 23.2. The largest absolute Gasteiger partial charge is 0.346 e. The van der Waals surface area contributed by atoms with Gasteiger partial charge in [0.05, 0.1) is 24.7 Å². The Kier molecular flexibility index (Phi) is 3.89. The number of halogens is 1. The van der Waals surface area contributed by atoms with Crippen LogP contribution in [0.25, 0.3) is 0 Å². The van der Waals surface area contributed by atoms with Gasteiger partial charge in [0.15, 0.2) is 5.79 Å².